The molecule has 0 unspecified atom stereocenters. The highest BCUT2D eigenvalue weighted by Crippen LogP contribution is 2.46. The van der Waals surface area contributed by atoms with Crippen molar-refractivity contribution in [3.63, 3.8) is 0 Å². The van der Waals surface area contributed by atoms with Crippen LogP contribution in [-0.2, 0) is 18.4 Å². The zero-order valence-electron chi connectivity index (χ0n) is 16.0. The number of aldehydes is 1. The minimum atomic E-state index is 0.0765. The third kappa shape index (κ3) is 3.22. The van der Waals surface area contributed by atoms with Crippen molar-refractivity contribution in [1.82, 2.24) is 0 Å². The van der Waals surface area contributed by atoms with Crippen molar-refractivity contribution in [1.29, 1.82) is 0 Å². The summed E-state index contributed by atoms with van der Waals surface area (Å²) in [5.74, 6) is 0.924. The molecule has 0 bridgehead atoms. The van der Waals surface area contributed by atoms with Crippen LogP contribution >= 0.6 is 0 Å². The van der Waals surface area contributed by atoms with E-state index >= 15 is 0 Å². The summed E-state index contributed by atoms with van der Waals surface area (Å²) in [4.78, 5) is 11.7. The van der Waals surface area contributed by atoms with Crippen molar-refractivity contribution in [3.8, 4) is 5.75 Å². The van der Waals surface area contributed by atoms with E-state index in [1.54, 1.807) is 0 Å². The van der Waals surface area contributed by atoms with Crippen LogP contribution in [0, 0.1) is 20.8 Å². The quantitative estimate of drug-likeness (QED) is 0.678. The highest BCUT2D eigenvalue weighted by Gasteiger charge is 2.34. The lowest BCUT2D eigenvalue weighted by molar-refractivity contribution is 0.112. The summed E-state index contributed by atoms with van der Waals surface area (Å²) < 4.78 is 6.34. The van der Waals surface area contributed by atoms with E-state index in [4.69, 9.17) is 4.74 Å². The van der Waals surface area contributed by atoms with Gasteiger partial charge in [0.1, 0.15) is 12.4 Å². The van der Waals surface area contributed by atoms with Crippen molar-refractivity contribution in [3.05, 3.63) is 63.2 Å². The molecule has 132 valence electrons. The van der Waals surface area contributed by atoms with Crippen molar-refractivity contribution in [2.75, 3.05) is 0 Å². The predicted octanol–water partition coefficient (Wildman–Crippen LogP) is 5.62. The van der Waals surface area contributed by atoms with Gasteiger partial charge < -0.3 is 4.74 Å². The van der Waals surface area contributed by atoms with Crippen molar-refractivity contribution >= 4 is 6.29 Å². The number of carbonyl (C=O) groups excluding carboxylic acids is 1. The lowest BCUT2D eigenvalue weighted by atomic mass is 9.69. The molecule has 0 N–H and O–H groups in total. The van der Waals surface area contributed by atoms with E-state index in [1.807, 2.05) is 6.92 Å². The van der Waals surface area contributed by atoms with Gasteiger partial charge in [0, 0.05) is 16.7 Å². The SMILES string of the molecule is Cc1ccc(COc2c(C)c(C=O)c(C)c3c2C(C)(C)CCC3)cc1. The molecule has 0 atom stereocenters. The first-order chi connectivity index (χ1) is 11.8. The summed E-state index contributed by atoms with van der Waals surface area (Å²) in [5.41, 5.74) is 8.03. The zero-order chi connectivity index (χ0) is 18.2. The first-order valence-corrected chi connectivity index (χ1v) is 9.15. The van der Waals surface area contributed by atoms with E-state index in [-0.39, 0.29) is 5.41 Å². The van der Waals surface area contributed by atoms with Crippen LogP contribution in [0.5, 0.6) is 5.75 Å². The summed E-state index contributed by atoms with van der Waals surface area (Å²) in [6.45, 7) is 11.3. The molecule has 1 aliphatic rings. The Balaban J connectivity index is 2.08. The largest absolute Gasteiger partial charge is 0.488 e. The fourth-order valence-electron chi connectivity index (χ4n) is 4.14. The van der Waals surface area contributed by atoms with Crippen molar-refractivity contribution < 1.29 is 9.53 Å². The molecular weight excluding hydrogens is 308 g/mol. The molecule has 0 aliphatic heterocycles. The smallest absolute Gasteiger partial charge is 0.150 e. The van der Waals surface area contributed by atoms with Gasteiger partial charge in [0.25, 0.3) is 0 Å². The van der Waals surface area contributed by atoms with E-state index in [0.717, 1.165) is 47.1 Å². The van der Waals surface area contributed by atoms with Gasteiger partial charge in [-0.2, -0.15) is 0 Å². The molecule has 3 rings (SSSR count). The molecule has 0 fully saturated rings. The van der Waals surface area contributed by atoms with Gasteiger partial charge in [-0.05, 0) is 62.1 Å². The number of benzene rings is 2. The summed E-state index contributed by atoms with van der Waals surface area (Å²) in [5, 5.41) is 0. The lowest BCUT2D eigenvalue weighted by Gasteiger charge is -2.36. The second-order valence-electron chi connectivity index (χ2n) is 7.98. The number of ether oxygens (including phenoxy) is 1. The minimum Gasteiger partial charge on any atom is -0.488 e. The van der Waals surface area contributed by atoms with Crippen LogP contribution in [0.3, 0.4) is 0 Å². The van der Waals surface area contributed by atoms with Crippen LogP contribution in [0.1, 0.15) is 70.4 Å². The third-order valence-corrected chi connectivity index (χ3v) is 5.66. The van der Waals surface area contributed by atoms with Gasteiger partial charge in [-0.1, -0.05) is 43.7 Å². The number of hydrogen-bond donors (Lipinski definition) is 0. The molecule has 0 spiro atoms. The lowest BCUT2D eigenvalue weighted by Crippen LogP contribution is -2.27. The van der Waals surface area contributed by atoms with Gasteiger partial charge >= 0.3 is 0 Å². The van der Waals surface area contributed by atoms with Gasteiger partial charge in [-0.25, -0.2) is 0 Å². The Labute approximate surface area is 151 Å². The molecule has 25 heavy (non-hydrogen) atoms. The van der Waals surface area contributed by atoms with Crippen LogP contribution in [0.4, 0.5) is 0 Å². The number of hydrogen-bond acceptors (Lipinski definition) is 2. The van der Waals surface area contributed by atoms with Crippen LogP contribution in [0.15, 0.2) is 24.3 Å². The molecule has 2 aromatic carbocycles. The Kier molecular flexibility index (Phi) is 4.73. The average Bonchev–Trinajstić information content (AvgIpc) is 2.57. The molecule has 0 saturated carbocycles. The van der Waals surface area contributed by atoms with E-state index in [0.29, 0.717) is 6.61 Å². The van der Waals surface area contributed by atoms with Gasteiger partial charge in [0.2, 0.25) is 0 Å². The fraction of sp³-hybridized carbons (Fsp3) is 0.435. The van der Waals surface area contributed by atoms with Crippen LogP contribution in [0.2, 0.25) is 0 Å². The van der Waals surface area contributed by atoms with Crippen LogP contribution in [0.25, 0.3) is 0 Å². The van der Waals surface area contributed by atoms with Gasteiger partial charge in [-0.15, -0.1) is 0 Å². The van der Waals surface area contributed by atoms with E-state index in [9.17, 15) is 4.79 Å². The Hall–Kier alpha value is -2.09. The summed E-state index contributed by atoms with van der Waals surface area (Å²) >= 11 is 0. The highest BCUT2D eigenvalue weighted by molar-refractivity contribution is 5.83. The molecular formula is C23H28O2. The number of carbonyl (C=O) groups is 1. The van der Waals surface area contributed by atoms with E-state index in [1.165, 1.54) is 23.1 Å². The maximum atomic E-state index is 11.7. The van der Waals surface area contributed by atoms with Crippen LogP contribution in [-0.4, -0.2) is 6.29 Å². The van der Waals surface area contributed by atoms with Crippen molar-refractivity contribution in [2.24, 2.45) is 0 Å². The summed E-state index contributed by atoms with van der Waals surface area (Å²) in [6, 6.07) is 8.43. The molecule has 0 amide bonds. The van der Waals surface area contributed by atoms with E-state index in [2.05, 4.69) is 52.0 Å². The highest BCUT2D eigenvalue weighted by atomic mass is 16.5. The second kappa shape index (κ2) is 6.67. The van der Waals surface area contributed by atoms with Gasteiger partial charge in [0.15, 0.2) is 6.29 Å². The maximum absolute atomic E-state index is 11.7. The average molecular weight is 336 g/mol. The van der Waals surface area contributed by atoms with Crippen LogP contribution < -0.4 is 4.74 Å². The normalized spacial score (nSPS) is 15.6. The Bertz CT molecular complexity index is 798. The molecule has 2 heteroatoms. The molecule has 0 heterocycles. The Morgan fingerprint density at radius 1 is 1.08 bits per heavy atom. The second-order valence-corrected chi connectivity index (χ2v) is 7.98. The van der Waals surface area contributed by atoms with Gasteiger partial charge in [0.05, 0.1) is 0 Å². The molecule has 0 radical (unpaired) electrons. The Morgan fingerprint density at radius 3 is 2.40 bits per heavy atom. The number of aryl methyl sites for hydroxylation is 1. The number of fused-ring (bicyclic) bond motifs is 1. The summed E-state index contributed by atoms with van der Waals surface area (Å²) in [6.07, 6.45) is 4.34. The minimum absolute atomic E-state index is 0.0765. The first kappa shape index (κ1) is 17.7. The molecule has 2 aromatic rings. The fourth-order valence-corrected chi connectivity index (χ4v) is 4.14. The zero-order valence-corrected chi connectivity index (χ0v) is 16.0. The summed E-state index contributed by atoms with van der Waals surface area (Å²) in [7, 11) is 0. The molecule has 2 nitrogen and oxygen atoms in total. The monoisotopic (exact) mass is 336 g/mol. The molecule has 1 aliphatic carbocycles. The predicted molar refractivity (Wildman–Crippen MR) is 103 cm³/mol. The Morgan fingerprint density at radius 2 is 1.76 bits per heavy atom. The van der Waals surface area contributed by atoms with Crippen molar-refractivity contribution in [2.45, 2.75) is 65.9 Å². The number of rotatable bonds is 4. The standard InChI is InChI=1S/C23H28O2/c1-15-8-10-18(11-9-15)14-25-22-17(3)20(13-24)16(2)19-7-6-12-23(4,5)21(19)22/h8-11,13H,6-7,12,14H2,1-5H3. The maximum Gasteiger partial charge on any atom is 0.150 e. The first-order valence-electron chi connectivity index (χ1n) is 9.15. The molecule has 0 saturated heterocycles. The third-order valence-electron chi connectivity index (χ3n) is 5.66. The van der Waals surface area contributed by atoms with Gasteiger partial charge in [-0.3, -0.25) is 4.79 Å². The van der Waals surface area contributed by atoms with E-state index < -0.39 is 0 Å². The topological polar surface area (TPSA) is 26.3 Å². The molecule has 0 aromatic heterocycles.